The summed E-state index contributed by atoms with van der Waals surface area (Å²) in [6, 6.07) is 5.53. The molecule has 0 unspecified atom stereocenters. The molecular formula is C13H10Br3NO2S. The van der Waals surface area contributed by atoms with Gasteiger partial charge in [-0.05, 0) is 62.5 Å². The highest BCUT2D eigenvalue weighted by Gasteiger charge is 2.17. The van der Waals surface area contributed by atoms with Crippen LogP contribution in [0.3, 0.4) is 0 Å². The first-order chi connectivity index (χ1) is 9.42. The van der Waals surface area contributed by atoms with Crippen LogP contribution in [0.4, 0.5) is 5.69 Å². The maximum Gasteiger partial charge on any atom is 0.257 e. The third-order valence-corrected chi connectivity index (χ3v) is 5.42. The molecule has 0 bridgehead atoms. The molecule has 1 N–H and O–H groups in total. The molecule has 1 aromatic carbocycles. The van der Waals surface area contributed by atoms with Gasteiger partial charge in [-0.1, -0.05) is 15.9 Å². The molecule has 0 aliphatic carbocycles. The quantitative estimate of drug-likeness (QED) is 0.616. The van der Waals surface area contributed by atoms with E-state index in [-0.39, 0.29) is 5.91 Å². The fourth-order valence-corrected chi connectivity index (χ4v) is 5.05. The second kappa shape index (κ2) is 6.60. The first-order valence-electron chi connectivity index (χ1n) is 5.52. The fraction of sp³-hybridized carbons (Fsp3) is 0.154. The number of methoxy groups -OCH3 is 1. The number of halogens is 3. The van der Waals surface area contributed by atoms with E-state index in [1.807, 2.05) is 19.1 Å². The molecule has 20 heavy (non-hydrogen) atoms. The number of carbonyl (C=O) groups is 1. The number of benzene rings is 1. The highest BCUT2D eigenvalue weighted by Crippen LogP contribution is 2.35. The van der Waals surface area contributed by atoms with Crippen molar-refractivity contribution in [1.29, 1.82) is 0 Å². The third kappa shape index (κ3) is 3.44. The van der Waals surface area contributed by atoms with Crippen LogP contribution in [0.5, 0.6) is 5.75 Å². The number of hydrogen-bond donors (Lipinski definition) is 1. The van der Waals surface area contributed by atoms with Crippen LogP contribution < -0.4 is 10.1 Å². The van der Waals surface area contributed by atoms with Gasteiger partial charge in [-0.15, -0.1) is 11.3 Å². The summed E-state index contributed by atoms with van der Waals surface area (Å²) in [5.41, 5.74) is 2.19. The molecular weight excluding hydrogens is 474 g/mol. The summed E-state index contributed by atoms with van der Waals surface area (Å²) >= 11 is 11.6. The van der Waals surface area contributed by atoms with Crippen LogP contribution in [0.2, 0.25) is 0 Å². The van der Waals surface area contributed by atoms with Crippen molar-refractivity contribution in [2.24, 2.45) is 0 Å². The van der Waals surface area contributed by atoms with Crippen LogP contribution in [0.1, 0.15) is 15.9 Å². The number of aryl methyl sites for hydroxylation is 1. The van der Waals surface area contributed by atoms with Crippen molar-refractivity contribution in [2.75, 3.05) is 12.4 Å². The third-order valence-electron chi connectivity index (χ3n) is 2.62. The molecule has 0 saturated carbocycles. The number of rotatable bonds is 3. The zero-order chi connectivity index (χ0) is 14.9. The summed E-state index contributed by atoms with van der Waals surface area (Å²) in [5.74, 6) is 0.443. The zero-order valence-electron chi connectivity index (χ0n) is 10.6. The van der Waals surface area contributed by atoms with Crippen molar-refractivity contribution < 1.29 is 9.53 Å². The standard InChI is InChI=1S/C13H10Br3NO2S/c1-6-3-7(14)4-9(19-2)11(6)17-13(18)8-5-10(15)20-12(8)16/h3-5H,1-2H3,(H,17,18). The van der Waals surface area contributed by atoms with Crippen LogP contribution >= 0.6 is 59.1 Å². The lowest BCUT2D eigenvalue weighted by Crippen LogP contribution is -2.13. The monoisotopic (exact) mass is 481 g/mol. The molecule has 0 saturated heterocycles. The van der Waals surface area contributed by atoms with Gasteiger partial charge in [0.25, 0.3) is 5.91 Å². The molecule has 0 aliphatic rings. The van der Waals surface area contributed by atoms with Gasteiger partial charge in [0.05, 0.1) is 25.9 Å². The Hall–Kier alpha value is -0.370. The van der Waals surface area contributed by atoms with Crippen LogP contribution in [-0.4, -0.2) is 13.0 Å². The molecule has 1 amide bonds. The Morgan fingerprint density at radius 2 is 1.95 bits per heavy atom. The second-order valence-electron chi connectivity index (χ2n) is 3.99. The molecule has 0 fully saturated rings. The van der Waals surface area contributed by atoms with Gasteiger partial charge in [-0.25, -0.2) is 0 Å². The highest BCUT2D eigenvalue weighted by atomic mass is 79.9. The zero-order valence-corrected chi connectivity index (χ0v) is 16.2. The van der Waals surface area contributed by atoms with E-state index in [1.165, 1.54) is 11.3 Å². The van der Waals surface area contributed by atoms with Crippen molar-refractivity contribution >= 4 is 70.7 Å². The molecule has 0 aliphatic heterocycles. The van der Waals surface area contributed by atoms with Gasteiger partial charge in [0, 0.05) is 4.47 Å². The molecule has 106 valence electrons. The van der Waals surface area contributed by atoms with Crippen molar-refractivity contribution in [3.8, 4) is 5.75 Å². The Kier molecular flexibility index (Phi) is 5.28. The predicted molar refractivity (Wildman–Crippen MR) is 93.1 cm³/mol. The number of carbonyl (C=O) groups excluding carboxylic acids is 1. The highest BCUT2D eigenvalue weighted by molar-refractivity contribution is 9.12. The molecule has 3 nitrogen and oxygen atoms in total. The molecule has 7 heteroatoms. The molecule has 1 aromatic heterocycles. The minimum absolute atomic E-state index is 0.178. The van der Waals surface area contributed by atoms with Gasteiger partial charge in [0.15, 0.2) is 0 Å². The maximum atomic E-state index is 12.3. The molecule has 0 atom stereocenters. The number of anilines is 1. The number of ether oxygens (including phenoxy) is 1. The van der Waals surface area contributed by atoms with Crippen LogP contribution in [-0.2, 0) is 0 Å². The Balaban J connectivity index is 2.35. The summed E-state index contributed by atoms with van der Waals surface area (Å²) < 4.78 is 7.91. The van der Waals surface area contributed by atoms with E-state index in [0.717, 1.165) is 17.6 Å². The maximum absolute atomic E-state index is 12.3. The topological polar surface area (TPSA) is 38.3 Å². The van der Waals surface area contributed by atoms with Crippen molar-refractivity contribution in [3.63, 3.8) is 0 Å². The van der Waals surface area contributed by atoms with E-state index in [1.54, 1.807) is 13.2 Å². The van der Waals surface area contributed by atoms with Gasteiger partial charge < -0.3 is 10.1 Å². The minimum Gasteiger partial charge on any atom is -0.495 e. The van der Waals surface area contributed by atoms with E-state index in [9.17, 15) is 4.79 Å². The lowest BCUT2D eigenvalue weighted by Gasteiger charge is -2.13. The van der Waals surface area contributed by atoms with E-state index in [2.05, 4.69) is 53.1 Å². The van der Waals surface area contributed by atoms with Gasteiger partial charge in [-0.2, -0.15) is 0 Å². The Labute approximate surface area is 146 Å². The number of nitrogens with one attached hydrogen (secondary N) is 1. The van der Waals surface area contributed by atoms with E-state index in [4.69, 9.17) is 4.74 Å². The second-order valence-corrected chi connectivity index (χ2v) is 8.66. The molecule has 0 radical (unpaired) electrons. The lowest BCUT2D eigenvalue weighted by atomic mass is 10.1. The number of thiophene rings is 1. The Morgan fingerprint density at radius 3 is 2.50 bits per heavy atom. The predicted octanol–water partition coefficient (Wildman–Crippen LogP) is 5.60. The van der Waals surface area contributed by atoms with E-state index >= 15 is 0 Å². The van der Waals surface area contributed by atoms with Crippen LogP contribution in [0.25, 0.3) is 0 Å². The van der Waals surface area contributed by atoms with Gasteiger partial charge in [-0.3, -0.25) is 4.79 Å². The van der Waals surface area contributed by atoms with Gasteiger partial charge >= 0.3 is 0 Å². The van der Waals surface area contributed by atoms with Crippen molar-refractivity contribution in [3.05, 3.63) is 41.4 Å². The van der Waals surface area contributed by atoms with E-state index in [0.29, 0.717) is 17.0 Å². The normalized spacial score (nSPS) is 10.4. The molecule has 0 spiro atoms. The molecule has 1 heterocycles. The average molecular weight is 484 g/mol. The fourth-order valence-electron chi connectivity index (χ4n) is 1.71. The summed E-state index contributed by atoms with van der Waals surface area (Å²) in [5, 5.41) is 2.90. The average Bonchev–Trinajstić information content (AvgIpc) is 2.71. The first kappa shape index (κ1) is 16.0. The van der Waals surface area contributed by atoms with Crippen LogP contribution in [0, 0.1) is 6.92 Å². The largest absolute Gasteiger partial charge is 0.495 e. The van der Waals surface area contributed by atoms with Crippen LogP contribution in [0.15, 0.2) is 30.2 Å². The Bertz CT molecular complexity index is 670. The molecule has 2 aromatic rings. The molecule has 2 rings (SSSR count). The Morgan fingerprint density at radius 1 is 1.25 bits per heavy atom. The minimum atomic E-state index is -0.178. The van der Waals surface area contributed by atoms with Gasteiger partial charge in [0.1, 0.15) is 5.75 Å². The summed E-state index contributed by atoms with van der Waals surface area (Å²) in [6.45, 7) is 1.92. The van der Waals surface area contributed by atoms with Crippen molar-refractivity contribution in [2.45, 2.75) is 6.92 Å². The SMILES string of the molecule is COc1cc(Br)cc(C)c1NC(=O)c1cc(Br)sc1Br. The first-order valence-corrected chi connectivity index (χ1v) is 8.72. The summed E-state index contributed by atoms with van der Waals surface area (Å²) in [4.78, 5) is 12.3. The van der Waals surface area contributed by atoms with E-state index < -0.39 is 0 Å². The van der Waals surface area contributed by atoms with Gasteiger partial charge in [0.2, 0.25) is 0 Å². The smallest absolute Gasteiger partial charge is 0.257 e. The summed E-state index contributed by atoms with van der Waals surface area (Å²) in [7, 11) is 1.58. The van der Waals surface area contributed by atoms with Crippen molar-refractivity contribution in [1.82, 2.24) is 0 Å². The number of amides is 1. The number of hydrogen-bond acceptors (Lipinski definition) is 3. The lowest BCUT2D eigenvalue weighted by molar-refractivity contribution is 0.102. The summed E-state index contributed by atoms with van der Waals surface area (Å²) in [6.07, 6.45) is 0.